The van der Waals surface area contributed by atoms with Gasteiger partial charge in [0.05, 0.1) is 22.6 Å². The second-order valence-electron chi connectivity index (χ2n) is 3.92. The summed E-state index contributed by atoms with van der Waals surface area (Å²) in [5, 5.41) is 12.3. The summed E-state index contributed by atoms with van der Waals surface area (Å²) in [4.78, 5) is 4.21. The van der Waals surface area contributed by atoms with E-state index in [0.717, 1.165) is 22.6 Å². The third-order valence-electron chi connectivity index (χ3n) is 2.57. The molecule has 0 amide bonds. The van der Waals surface area contributed by atoms with Crippen molar-refractivity contribution in [3.05, 3.63) is 53.3 Å². The van der Waals surface area contributed by atoms with Crippen LogP contribution < -0.4 is 5.32 Å². The Morgan fingerprint density at radius 1 is 1.18 bits per heavy atom. The molecular weight excluding hydrogens is 210 g/mol. The highest BCUT2D eigenvalue weighted by atomic mass is 14.9. The van der Waals surface area contributed by atoms with Crippen LogP contribution in [0.2, 0.25) is 0 Å². The molecule has 0 atom stereocenters. The van der Waals surface area contributed by atoms with Crippen LogP contribution in [0.3, 0.4) is 0 Å². The highest BCUT2D eigenvalue weighted by Crippen LogP contribution is 2.23. The summed E-state index contributed by atoms with van der Waals surface area (Å²) in [5.41, 5.74) is 4.42. The zero-order valence-electron chi connectivity index (χ0n) is 9.86. The first kappa shape index (κ1) is 11.2. The third-order valence-corrected chi connectivity index (χ3v) is 2.57. The molecule has 0 saturated heterocycles. The highest BCUT2D eigenvalue weighted by Gasteiger charge is 2.04. The number of rotatable bonds is 2. The molecule has 0 unspecified atom stereocenters. The maximum Gasteiger partial charge on any atom is 0.101 e. The van der Waals surface area contributed by atoms with Crippen molar-refractivity contribution in [1.82, 2.24) is 4.98 Å². The fraction of sp³-hybridized carbons (Fsp3) is 0.143. The molecule has 3 nitrogen and oxygen atoms in total. The molecule has 2 rings (SSSR count). The van der Waals surface area contributed by atoms with E-state index in [1.807, 2.05) is 44.2 Å². The first-order valence-corrected chi connectivity index (χ1v) is 5.40. The fourth-order valence-corrected chi connectivity index (χ4v) is 1.62. The van der Waals surface area contributed by atoms with Gasteiger partial charge in [-0.3, -0.25) is 4.98 Å². The van der Waals surface area contributed by atoms with Gasteiger partial charge in [0.1, 0.15) is 6.07 Å². The topological polar surface area (TPSA) is 48.7 Å². The number of pyridine rings is 1. The second-order valence-corrected chi connectivity index (χ2v) is 3.92. The minimum Gasteiger partial charge on any atom is -0.353 e. The Kier molecular flexibility index (Phi) is 3.06. The lowest BCUT2D eigenvalue weighted by Crippen LogP contribution is -1.97. The van der Waals surface area contributed by atoms with Gasteiger partial charge < -0.3 is 5.32 Å². The van der Waals surface area contributed by atoms with Crippen LogP contribution in [-0.2, 0) is 0 Å². The van der Waals surface area contributed by atoms with Crippen LogP contribution in [0.5, 0.6) is 0 Å². The lowest BCUT2D eigenvalue weighted by Gasteiger charge is -2.10. The molecule has 0 aliphatic rings. The summed E-state index contributed by atoms with van der Waals surface area (Å²) in [5.74, 6) is 0. The van der Waals surface area contributed by atoms with E-state index in [1.165, 1.54) is 0 Å². The molecule has 2 aromatic rings. The van der Waals surface area contributed by atoms with Crippen molar-refractivity contribution in [2.75, 3.05) is 5.32 Å². The first-order valence-electron chi connectivity index (χ1n) is 5.40. The molecule has 0 aliphatic heterocycles. The number of benzene rings is 1. The zero-order valence-corrected chi connectivity index (χ0v) is 9.86. The first-order chi connectivity index (χ1) is 8.20. The van der Waals surface area contributed by atoms with Gasteiger partial charge in [-0.1, -0.05) is 6.07 Å². The van der Waals surface area contributed by atoms with Gasteiger partial charge in [-0.15, -0.1) is 0 Å². The second kappa shape index (κ2) is 4.67. The average molecular weight is 223 g/mol. The molecule has 84 valence electrons. The molecule has 0 radical (unpaired) electrons. The minimum absolute atomic E-state index is 0.638. The van der Waals surface area contributed by atoms with Crippen molar-refractivity contribution < 1.29 is 0 Å². The van der Waals surface area contributed by atoms with E-state index in [2.05, 4.69) is 16.4 Å². The summed E-state index contributed by atoms with van der Waals surface area (Å²) in [6.45, 7) is 3.94. The molecule has 3 heteroatoms. The fourth-order valence-electron chi connectivity index (χ4n) is 1.62. The normalized spacial score (nSPS) is 9.71. The van der Waals surface area contributed by atoms with Crippen molar-refractivity contribution in [3.8, 4) is 6.07 Å². The summed E-state index contributed by atoms with van der Waals surface area (Å²) in [6, 6.07) is 11.7. The Morgan fingerprint density at radius 2 is 2.00 bits per heavy atom. The number of nitrogens with zero attached hydrogens (tertiary/aromatic N) is 2. The molecule has 0 fully saturated rings. The lowest BCUT2D eigenvalue weighted by molar-refractivity contribution is 1.20. The van der Waals surface area contributed by atoms with Crippen LogP contribution in [-0.4, -0.2) is 4.98 Å². The van der Waals surface area contributed by atoms with Crippen LogP contribution in [0, 0.1) is 25.2 Å². The smallest absolute Gasteiger partial charge is 0.101 e. The number of nitriles is 1. The maximum absolute atomic E-state index is 9.05. The van der Waals surface area contributed by atoms with Gasteiger partial charge in [-0.2, -0.15) is 5.26 Å². The number of aromatic nitrogens is 1. The van der Waals surface area contributed by atoms with E-state index in [1.54, 1.807) is 6.20 Å². The van der Waals surface area contributed by atoms with Crippen LogP contribution in [0.4, 0.5) is 11.4 Å². The van der Waals surface area contributed by atoms with Crippen LogP contribution in [0.25, 0.3) is 0 Å². The molecule has 0 aliphatic carbocycles. The molecular formula is C14H13N3. The molecule has 0 bridgehead atoms. The van der Waals surface area contributed by atoms with Gasteiger partial charge in [0, 0.05) is 6.20 Å². The van der Waals surface area contributed by atoms with Gasteiger partial charge in [0.25, 0.3) is 0 Å². The highest BCUT2D eigenvalue weighted by molar-refractivity contribution is 5.68. The zero-order chi connectivity index (χ0) is 12.3. The number of anilines is 2. The molecule has 17 heavy (non-hydrogen) atoms. The quantitative estimate of drug-likeness (QED) is 0.849. The Labute approximate surface area is 101 Å². The Morgan fingerprint density at radius 3 is 2.71 bits per heavy atom. The average Bonchev–Trinajstić information content (AvgIpc) is 2.32. The van der Waals surface area contributed by atoms with E-state index in [0.29, 0.717) is 5.56 Å². The monoisotopic (exact) mass is 223 g/mol. The standard InChI is InChI=1S/C14H13N3/c1-10-5-6-12(9-15)14(8-10)17-13-4-3-7-16-11(13)2/h3-8,17H,1-2H3. The molecule has 1 aromatic carbocycles. The van der Waals surface area contributed by atoms with Crippen molar-refractivity contribution in [1.29, 1.82) is 5.26 Å². The van der Waals surface area contributed by atoms with Crippen LogP contribution in [0.15, 0.2) is 36.5 Å². The number of hydrogen-bond donors (Lipinski definition) is 1. The predicted octanol–water partition coefficient (Wildman–Crippen LogP) is 3.31. The van der Waals surface area contributed by atoms with Crippen molar-refractivity contribution in [2.45, 2.75) is 13.8 Å². The Bertz CT molecular complexity index is 582. The third kappa shape index (κ3) is 2.43. The van der Waals surface area contributed by atoms with E-state index in [4.69, 9.17) is 5.26 Å². The predicted molar refractivity (Wildman–Crippen MR) is 68.2 cm³/mol. The van der Waals surface area contributed by atoms with E-state index >= 15 is 0 Å². The molecule has 0 spiro atoms. The Hall–Kier alpha value is -2.34. The summed E-state index contributed by atoms with van der Waals surface area (Å²) in [6.07, 6.45) is 1.75. The summed E-state index contributed by atoms with van der Waals surface area (Å²) < 4.78 is 0. The van der Waals surface area contributed by atoms with Crippen molar-refractivity contribution >= 4 is 11.4 Å². The van der Waals surface area contributed by atoms with Gasteiger partial charge in [0.2, 0.25) is 0 Å². The van der Waals surface area contributed by atoms with E-state index < -0.39 is 0 Å². The summed E-state index contributed by atoms with van der Waals surface area (Å²) in [7, 11) is 0. The molecule has 1 heterocycles. The van der Waals surface area contributed by atoms with E-state index in [9.17, 15) is 0 Å². The van der Waals surface area contributed by atoms with Crippen LogP contribution in [0.1, 0.15) is 16.8 Å². The molecule has 1 aromatic heterocycles. The van der Waals surface area contributed by atoms with Gasteiger partial charge in [0.15, 0.2) is 0 Å². The van der Waals surface area contributed by atoms with Crippen molar-refractivity contribution in [3.63, 3.8) is 0 Å². The Balaban J connectivity index is 2.40. The van der Waals surface area contributed by atoms with Crippen LogP contribution >= 0.6 is 0 Å². The number of aryl methyl sites for hydroxylation is 2. The molecule has 0 saturated carbocycles. The maximum atomic E-state index is 9.05. The van der Waals surface area contributed by atoms with Gasteiger partial charge in [-0.25, -0.2) is 0 Å². The number of nitrogens with one attached hydrogen (secondary N) is 1. The lowest BCUT2D eigenvalue weighted by atomic mass is 10.1. The SMILES string of the molecule is Cc1ccc(C#N)c(Nc2cccnc2C)c1. The number of hydrogen-bond acceptors (Lipinski definition) is 3. The summed E-state index contributed by atoms with van der Waals surface area (Å²) >= 11 is 0. The van der Waals surface area contributed by atoms with Gasteiger partial charge >= 0.3 is 0 Å². The van der Waals surface area contributed by atoms with Gasteiger partial charge in [-0.05, 0) is 43.7 Å². The van der Waals surface area contributed by atoms with E-state index in [-0.39, 0.29) is 0 Å². The van der Waals surface area contributed by atoms with Crippen molar-refractivity contribution in [2.24, 2.45) is 0 Å². The largest absolute Gasteiger partial charge is 0.353 e. The molecule has 1 N–H and O–H groups in total. The minimum atomic E-state index is 0.638.